The van der Waals surface area contributed by atoms with Gasteiger partial charge >= 0.3 is 0 Å². The first-order chi connectivity index (χ1) is 10.3. The Morgan fingerprint density at radius 1 is 1.24 bits per heavy atom. The number of methoxy groups -OCH3 is 1. The summed E-state index contributed by atoms with van der Waals surface area (Å²) in [4.78, 5) is 0. The van der Waals surface area contributed by atoms with Crippen LogP contribution in [-0.2, 0) is 25.6 Å². The van der Waals surface area contributed by atoms with Gasteiger partial charge in [-0.3, -0.25) is 0 Å². The highest BCUT2D eigenvalue weighted by Crippen LogP contribution is 2.20. The summed E-state index contributed by atoms with van der Waals surface area (Å²) in [5.41, 5.74) is 1.13. The second kappa shape index (κ2) is 9.00. The van der Waals surface area contributed by atoms with Crippen LogP contribution in [0.5, 0.6) is 5.75 Å². The Kier molecular flexibility index (Phi) is 6.95. The number of rotatable bonds is 11. The van der Waals surface area contributed by atoms with Crippen molar-refractivity contribution in [1.82, 2.24) is 0 Å². The number of hydrogen-bond donors (Lipinski definition) is 0. The predicted molar refractivity (Wildman–Crippen MR) is 78.4 cm³/mol. The molecule has 0 bridgehead atoms. The quantitative estimate of drug-likeness (QED) is 0.356. The third kappa shape index (κ3) is 6.01. The van der Waals surface area contributed by atoms with Crippen molar-refractivity contribution in [2.75, 3.05) is 33.7 Å². The van der Waals surface area contributed by atoms with Crippen LogP contribution in [0, 0.1) is 0 Å². The highest BCUT2D eigenvalue weighted by molar-refractivity contribution is 5.26. The fourth-order valence-corrected chi connectivity index (χ4v) is 1.98. The molecule has 0 amide bonds. The molecule has 21 heavy (non-hydrogen) atoms. The topological polar surface area (TPSA) is 49.5 Å². The molecule has 5 heteroatoms. The Labute approximate surface area is 126 Å². The van der Waals surface area contributed by atoms with E-state index in [0.717, 1.165) is 24.3 Å². The SMILES string of the molecule is CCOCO[C@@H](CCOCc1ccc(OC)cc1)[C@@H]1CO1. The minimum atomic E-state index is 0.0624. The number of epoxide rings is 1. The number of hydrogen-bond acceptors (Lipinski definition) is 5. The van der Waals surface area contributed by atoms with Gasteiger partial charge in [0.05, 0.1) is 26.4 Å². The van der Waals surface area contributed by atoms with Crippen molar-refractivity contribution in [3.05, 3.63) is 29.8 Å². The van der Waals surface area contributed by atoms with Crippen molar-refractivity contribution in [2.45, 2.75) is 32.2 Å². The highest BCUT2D eigenvalue weighted by Gasteiger charge is 2.33. The van der Waals surface area contributed by atoms with Crippen molar-refractivity contribution in [1.29, 1.82) is 0 Å². The Morgan fingerprint density at radius 2 is 2.00 bits per heavy atom. The van der Waals surface area contributed by atoms with Gasteiger partial charge in [-0.2, -0.15) is 0 Å². The summed E-state index contributed by atoms with van der Waals surface area (Å²) in [6.07, 6.45) is 1.08. The molecule has 1 heterocycles. The average molecular weight is 296 g/mol. The second-order valence-corrected chi connectivity index (χ2v) is 4.88. The first-order valence-corrected chi connectivity index (χ1v) is 7.35. The van der Waals surface area contributed by atoms with Crippen molar-refractivity contribution in [3.8, 4) is 5.75 Å². The summed E-state index contributed by atoms with van der Waals surface area (Å²) in [5, 5.41) is 0. The lowest BCUT2D eigenvalue weighted by atomic mass is 10.2. The maximum Gasteiger partial charge on any atom is 0.147 e. The van der Waals surface area contributed by atoms with E-state index >= 15 is 0 Å². The second-order valence-electron chi connectivity index (χ2n) is 4.88. The van der Waals surface area contributed by atoms with Crippen LogP contribution in [0.3, 0.4) is 0 Å². The number of ether oxygens (including phenoxy) is 5. The molecule has 0 radical (unpaired) electrons. The standard InChI is InChI=1S/C16H24O5/c1-3-18-12-21-15(16-11-20-16)8-9-19-10-13-4-6-14(17-2)7-5-13/h4-7,15-16H,3,8-12H2,1-2H3/t15-,16-/m0/s1. The molecule has 0 N–H and O–H groups in total. The summed E-state index contributed by atoms with van der Waals surface area (Å²) in [7, 11) is 1.66. The molecule has 2 atom stereocenters. The van der Waals surface area contributed by atoms with Gasteiger partial charge in [-0.05, 0) is 31.0 Å². The van der Waals surface area contributed by atoms with Gasteiger partial charge in [0.15, 0.2) is 0 Å². The first-order valence-electron chi connectivity index (χ1n) is 7.35. The zero-order valence-corrected chi connectivity index (χ0v) is 12.7. The van der Waals surface area contributed by atoms with Crippen molar-refractivity contribution in [3.63, 3.8) is 0 Å². The first kappa shape index (κ1) is 16.2. The fraction of sp³-hybridized carbons (Fsp3) is 0.625. The molecule has 118 valence electrons. The van der Waals surface area contributed by atoms with Crippen LogP contribution in [0.1, 0.15) is 18.9 Å². The Morgan fingerprint density at radius 3 is 2.62 bits per heavy atom. The molecule has 1 aliphatic heterocycles. The number of benzene rings is 1. The van der Waals surface area contributed by atoms with Gasteiger partial charge in [-0.25, -0.2) is 0 Å². The van der Waals surface area contributed by atoms with Crippen molar-refractivity contribution in [2.24, 2.45) is 0 Å². The molecule has 0 saturated carbocycles. The van der Waals surface area contributed by atoms with Crippen LogP contribution in [0.2, 0.25) is 0 Å². The molecule has 1 saturated heterocycles. The van der Waals surface area contributed by atoms with E-state index in [2.05, 4.69) is 0 Å². The highest BCUT2D eigenvalue weighted by atomic mass is 16.7. The lowest BCUT2D eigenvalue weighted by molar-refractivity contribution is -0.101. The Balaban J connectivity index is 1.62. The summed E-state index contributed by atoms with van der Waals surface area (Å²) >= 11 is 0. The van der Waals surface area contributed by atoms with Gasteiger partial charge in [0, 0.05) is 13.2 Å². The maximum absolute atomic E-state index is 5.69. The molecule has 1 fully saturated rings. The summed E-state index contributed by atoms with van der Waals surface area (Å²) in [6.45, 7) is 4.93. The smallest absolute Gasteiger partial charge is 0.147 e. The van der Waals surface area contributed by atoms with Gasteiger partial charge in [0.1, 0.15) is 18.6 Å². The summed E-state index contributed by atoms with van der Waals surface area (Å²) < 4.78 is 27.0. The van der Waals surface area contributed by atoms with E-state index in [0.29, 0.717) is 26.6 Å². The molecule has 0 unspecified atom stereocenters. The van der Waals surface area contributed by atoms with Gasteiger partial charge in [0.25, 0.3) is 0 Å². The molecule has 0 spiro atoms. The summed E-state index contributed by atoms with van der Waals surface area (Å²) in [5.74, 6) is 0.856. The minimum absolute atomic E-state index is 0.0624. The van der Waals surface area contributed by atoms with Crippen molar-refractivity contribution < 1.29 is 23.7 Å². The van der Waals surface area contributed by atoms with Gasteiger partial charge in [-0.15, -0.1) is 0 Å². The van der Waals surface area contributed by atoms with E-state index in [1.807, 2.05) is 31.2 Å². The zero-order chi connectivity index (χ0) is 14.9. The lowest BCUT2D eigenvalue weighted by Gasteiger charge is -2.15. The summed E-state index contributed by atoms with van der Waals surface area (Å²) in [6, 6.07) is 7.88. The maximum atomic E-state index is 5.69. The molecular weight excluding hydrogens is 272 g/mol. The van der Waals surface area contributed by atoms with Crippen molar-refractivity contribution >= 4 is 0 Å². The Hall–Kier alpha value is -1.14. The predicted octanol–water partition coefficient (Wildman–Crippen LogP) is 2.38. The van der Waals surface area contributed by atoms with Crippen LogP contribution in [0.15, 0.2) is 24.3 Å². The van der Waals surface area contributed by atoms with E-state index in [4.69, 9.17) is 23.7 Å². The molecule has 1 aliphatic rings. The van der Waals surface area contributed by atoms with Crippen LogP contribution in [0.25, 0.3) is 0 Å². The lowest BCUT2D eigenvalue weighted by Crippen LogP contribution is -2.23. The van der Waals surface area contributed by atoms with E-state index in [9.17, 15) is 0 Å². The molecule has 1 aromatic carbocycles. The van der Waals surface area contributed by atoms with Gasteiger partial charge in [0.2, 0.25) is 0 Å². The van der Waals surface area contributed by atoms with Crippen LogP contribution < -0.4 is 4.74 Å². The normalized spacial score (nSPS) is 18.5. The molecule has 5 nitrogen and oxygen atoms in total. The van der Waals surface area contributed by atoms with Crippen LogP contribution in [0.4, 0.5) is 0 Å². The van der Waals surface area contributed by atoms with E-state index in [-0.39, 0.29) is 12.2 Å². The van der Waals surface area contributed by atoms with Crippen LogP contribution >= 0.6 is 0 Å². The van der Waals surface area contributed by atoms with Gasteiger partial charge < -0.3 is 23.7 Å². The largest absolute Gasteiger partial charge is 0.497 e. The average Bonchev–Trinajstić information content (AvgIpc) is 3.35. The Bertz CT molecular complexity index is 388. The van der Waals surface area contributed by atoms with Gasteiger partial charge in [-0.1, -0.05) is 12.1 Å². The monoisotopic (exact) mass is 296 g/mol. The van der Waals surface area contributed by atoms with E-state index in [1.54, 1.807) is 7.11 Å². The molecule has 0 aromatic heterocycles. The molecule has 1 aromatic rings. The van der Waals surface area contributed by atoms with Crippen LogP contribution in [-0.4, -0.2) is 45.9 Å². The fourth-order valence-electron chi connectivity index (χ4n) is 1.98. The molecular formula is C16H24O5. The van der Waals surface area contributed by atoms with E-state index in [1.165, 1.54) is 0 Å². The third-order valence-electron chi connectivity index (χ3n) is 3.32. The molecule has 2 rings (SSSR count). The third-order valence-corrected chi connectivity index (χ3v) is 3.32. The minimum Gasteiger partial charge on any atom is -0.497 e. The van der Waals surface area contributed by atoms with E-state index < -0.39 is 0 Å². The molecule has 0 aliphatic carbocycles. The zero-order valence-electron chi connectivity index (χ0n) is 12.7.